The summed E-state index contributed by atoms with van der Waals surface area (Å²) in [4.78, 5) is 42.8. The van der Waals surface area contributed by atoms with E-state index in [9.17, 15) is 14.4 Å². The van der Waals surface area contributed by atoms with Crippen molar-refractivity contribution in [2.75, 3.05) is 44.7 Å². The predicted molar refractivity (Wildman–Crippen MR) is 157 cm³/mol. The Morgan fingerprint density at radius 2 is 1.77 bits per heavy atom. The van der Waals surface area contributed by atoms with Crippen LogP contribution < -0.4 is 10.2 Å². The molecule has 210 valence electrons. The summed E-state index contributed by atoms with van der Waals surface area (Å²) >= 11 is 12.6. The molecule has 2 aliphatic heterocycles. The van der Waals surface area contributed by atoms with Crippen LogP contribution in [0.3, 0.4) is 0 Å². The number of aldehydes is 1. The predicted octanol–water partition coefficient (Wildman–Crippen LogP) is 4.97. The third-order valence-electron chi connectivity index (χ3n) is 7.91. The van der Waals surface area contributed by atoms with Crippen molar-refractivity contribution >= 4 is 47.0 Å². The number of aryl methyl sites for hydroxylation is 1. The van der Waals surface area contributed by atoms with E-state index in [4.69, 9.17) is 23.2 Å². The van der Waals surface area contributed by atoms with Crippen LogP contribution in [0.15, 0.2) is 36.4 Å². The van der Waals surface area contributed by atoms with E-state index in [-0.39, 0.29) is 18.2 Å². The number of hydrogen-bond donors (Lipinski definition) is 1. The van der Waals surface area contributed by atoms with Gasteiger partial charge in [0.15, 0.2) is 0 Å². The summed E-state index contributed by atoms with van der Waals surface area (Å²) in [5.74, 6) is -0.241. The maximum Gasteiger partial charge on any atom is 0.255 e. The smallest absolute Gasteiger partial charge is 0.255 e. The number of unbranched alkanes of at least 4 members (excludes halogenated alkanes) is 3. The molecule has 1 atom stereocenters. The van der Waals surface area contributed by atoms with Crippen molar-refractivity contribution in [1.29, 1.82) is 0 Å². The fourth-order valence-electron chi connectivity index (χ4n) is 5.58. The Morgan fingerprint density at radius 1 is 1.03 bits per heavy atom. The van der Waals surface area contributed by atoms with E-state index < -0.39 is 6.04 Å². The monoisotopic (exact) mass is 572 g/mol. The first-order valence-corrected chi connectivity index (χ1v) is 14.7. The van der Waals surface area contributed by atoms with E-state index >= 15 is 0 Å². The lowest BCUT2D eigenvalue weighted by atomic mass is 9.98. The zero-order chi connectivity index (χ0) is 27.8. The van der Waals surface area contributed by atoms with Crippen LogP contribution >= 0.6 is 23.2 Å². The van der Waals surface area contributed by atoms with Crippen LogP contribution in [0.1, 0.15) is 60.0 Å². The molecule has 1 unspecified atom stereocenters. The van der Waals surface area contributed by atoms with Crippen molar-refractivity contribution < 1.29 is 14.4 Å². The molecule has 0 bridgehead atoms. The molecule has 0 aliphatic carbocycles. The SMILES string of the molecule is CNC(=O)CCC(C=O)N1Cc2c(CCCCCCN3CCN(c4cccc(Cl)c4Cl)CC3)cccc2C1=O. The molecule has 0 radical (unpaired) electrons. The van der Waals surface area contributed by atoms with Gasteiger partial charge in [0.25, 0.3) is 5.91 Å². The van der Waals surface area contributed by atoms with Gasteiger partial charge in [0, 0.05) is 51.8 Å². The van der Waals surface area contributed by atoms with Crippen molar-refractivity contribution in [3.8, 4) is 0 Å². The Kier molecular flexibility index (Phi) is 10.7. The van der Waals surface area contributed by atoms with Gasteiger partial charge < -0.3 is 19.9 Å². The van der Waals surface area contributed by atoms with E-state index in [2.05, 4.69) is 21.2 Å². The lowest BCUT2D eigenvalue weighted by Gasteiger charge is -2.36. The molecule has 2 aliphatic rings. The number of hydrogen-bond acceptors (Lipinski definition) is 5. The van der Waals surface area contributed by atoms with Gasteiger partial charge in [-0.2, -0.15) is 0 Å². The highest BCUT2D eigenvalue weighted by Gasteiger charge is 2.33. The summed E-state index contributed by atoms with van der Waals surface area (Å²) in [6.45, 7) is 5.48. The molecule has 2 aromatic rings. The summed E-state index contributed by atoms with van der Waals surface area (Å²) in [7, 11) is 1.57. The minimum Gasteiger partial charge on any atom is -0.368 e. The minimum atomic E-state index is -0.584. The van der Waals surface area contributed by atoms with Gasteiger partial charge >= 0.3 is 0 Å². The van der Waals surface area contributed by atoms with Crippen LogP contribution in [0.25, 0.3) is 0 Å². The number of nitrogens with zero attached hydrogens (tertiary/aromatic N) is 3. The molecule has 2 amide bonds. The third-order valence-corrected chi connectivity index (χ3v) is 8.72. The molecule has 1 N–H and O–H groups in total. The lowest BCUT2D eigenvalue weighted by Crippen LogP contribution is -2.46. The molecule has 7 nitrogen and oxygen atoms in total. The van der Waals surface area contributed by atoms with Crippen molar-refractivity contribution in [3.63, 3.8) is 0 Å². The normalized spacial score (nSPS) is 16.3. The second kappa shape index (κ2) is 14.1. The number of rotatable bonds is 13. The number of carbonyl (C=O) groups excluding carboxylic acids is 3. The van der Waals surface area contributed by atoms with Gasteiger partial charge in [-0.15, -0.1) is 0 Å². The molecule has 1 fully saturated rings. The highest BCUT2D eigenvalue weighted by molar-refractivity contribution is 6.43. The minimum absolute atomic E-state index is 0.112. The van der Waals surface area contributed by atoms with E-state index in [0.29, 0.717) is 28.6 Å². The fraction of sp³-hybridized carbons (Fsp3) is 0.500. The molecule has 1 saturated heterocycles. The molecule has 0 saturated carbocycles. The van der Waals surface area contributed by atoms with Gasteiger partial charge in [-0.3, -0.25) is 14.5 Å². The van der Waals surface area contributed by atoms with E-state index in [0.717, 1.165) is 69.5 Å². The molecule has 39 heavy (non-hydrogen) atoms. The van der Waals surface area contributed by atoms with Gasteiger partial charge in [0.05, 0.1) is 21.8 Å². The average Bonchev–Trinajstić information content (AvgIpc) is 3.29. The van der Waals surface area contributed by atoms with Crippen LogP contribution in [0, 0.1) is 0 Å². The molecule has 2 heterocycles. The number of amides is 2. The summed E-state index contributed by atoms with van der Waals surface area (Å²) < 4.78 is 0. The second-order valence-corrected chi connectivity index (χ2v) is 11.1. The van der Waals surface area contributed by atoms with Gasteiger partial charge in [-0.25, -0.2) is 0 Å². The van der Waals surface area contributed by atoms with Crippen LogP contribution in [0.2, 0.25) is 10.0 Å². The topological polar surface area (TPSA) is 73.0 Å². The van der Waals surface area contributed by atoms with Gasteiger partial charge in [-0.1, -0.05) is 54.2 Å². The first-order chi connectivity index (χ1) is 18.9. The molecular formula is C30H38Cl2N4O3. The highest BCUT2D eigenvalue weighted by Crippen LogP contribution is 2.33. The van der Waals surface area contributed by atoms with Crippen LogP contribution in [-0.4, -0.2) is 73.7 Å². The maximum atomic E-state index is 13.0. The Morgan fingerprint density at radius 3 is 2.51 bits per heavy atom. The Balaban J connectivity index is 1.18. The number of carbonyl (C=O) groups is 3. The quantitative estimate of drug-likeness (QED) is 0.271. The summed E-state index contributed by atoms with van der Waals surface area (Å²) in [6, 6.07) is 11.1. The maximum absolute atomic E-state index is 13.0. The Labute approximate surface area is 241 Å². The highest BCUT2D eigenvalue weighted by atomic mass is 35.5. The van der Waals surface area contributed by atoms with Crippen LogP contribution in [-0.2, 0) is 22.6 Å². The molecule has 9 heteroatoms. The number of halogens is 2. The van der Waals surface area contributed by atoms with Crippen molar-refractivity contribution in [1.82, 2.24) is 15.1 Å². The number of benzene rings is 2. The summed E-state index contributed by atoms with van der Waals surface area (Å²) in [5, 5.41) is 3.81. The summed E-state index contributed by atoms with van der Waals surface area (Å²) in [6.07, 6.45) is 6.82. The van der Waals surface area contributed by atoms with Gasteiger partial charge in [-0.05, 0) is 61.6 Å². The van der Waals surface area contributed by atoms with Crippen molar-refractivity contribution in [2.24, 2.45) is 0 Å². The fourth-order valence-corrected chi connectivity index (χ4v) is 5.99. The molecule has 2 aromatic carbocycles. The zero-order valence-corrected chi connectivity index (χ0v) is 24.1. The third kappa shape index (κ3) is 7.33. The molecule has 4 rings (SSSR count). The van der Waals surface area contributed by atoms with E-state index in [1.807, 2.05) is 30.3 Å². The second-order valence-electron chi connectivity index (χ2n) is 10.4. The Bertz CT molecular complexity index is 1170. The zero-order valence-electron chi connectivity index (χ0n) is 22.6. The van der Waals surface area contributed by atoms with Crippen molar-refractivity contribution in [3.05, 3.63) is 63.1 Å². The lowest BCUT2D eigenvalue weighted by molar-refractivity contribution is -0.121. The molecule has 0 spiro atoms. The average molecular weight is 574 g/mol. The van der Waals surface area contributed by atoms with Crippen molar-refractivity contribution in [2.45, 2.75) is 57.5 Å². The van der Waals surface area contributed by atoms with E-state index in [1.165, 1.54) is 18.4 Å². The number of anilines is 1. The first-order valence-electron chi connectivity index (χ1n) is 13.9. The largest absolute Gasteiger partial charge is 0.368 e. The van der Waals surface area contributed by atoms with E-state index in [1.54, 1.807) is 11.9 Å². The Hall–Kier alpha value is -2.61. The van der Waals surface area contributed by atoms with Crippen LogP contribution in [0.5, 0.6) is 0 Å². The van der Waals surface area contributed by atoms with Crippen LogP contribution in [0.4, 0.5) is 5.69 Å². The van der Waals surface area contributed by atoms with Gasteiger partial charge in [0.1, 0.15) is 6.29 Å². The standard InChI is InChI=1S/C30H38Cl2N4O3/c1-33-28(38)14-13-23(21-37)36-20-25-22(9-6-10-24(25)30(36)39)8-4-2-3-5-15-34-16-18-35(19-17-34)27-12-7-11-26(31)29(27)32/h6-7,9-12,21,23H,2-5,8,13-20H2,1H3,(H,33,38). The molecule has 0 aromatic heterocycles. The summed E-state index contributed by atoms with van der Waals surface area (Å²) in [5.41, 5.74) is 3.94. The molecular weight excluding hydrogens is 535 g/mol. The number of piperazine rings is 1. The van der Waals surface area contributed by atoms with Gasteiger partial charge in [0.2, 0.25) is 5.91 Å². The number of nitrogens with one attached hydrogen (secondary N) is 1. The number of fused-ring (bicyclic) bond motifs is 1. The first kappa shape index (κ1) is 29.4.